The Balaban J connectivity index is 2.26. The molecule has 2 atom stereocenters. The number of piperidine rings is 1. The molecule has 2 nitrogen and oxygen atoms in total. The number of nitrogens with zero attached hydrogens (tertiary/aromatic N) is 1. The zero-order valence-corrected chi connectivity index (χ0v) is 11.8. The van der Waals surface area contributed by atoms with Crippen LogP contribution < -0.4 is 10.6 Å². The van der Waals surface area contributed by atoms with Crippen molar-refractivity contribution in [3.63, 3.8) is 0 Å². The van der Waals surface area contributed by atoms with Crippen LogP contribution in [0.4, 0.5) is 15.8 Å². The molecule has 1 saturated heterocycles. The second kappa shape index (κ2) is 4.84. The van der Waals surface area contributed by atoms with Crippen molar-refractivity contribution >= 4 is 27.3 Å². The summed E-state index contributed by atoms with van der Waals surface area (Å²) in [5.41, 5.74) is 7.43. The van der Waals surface area contributed by atoms with Crippen molar-refractivity contribution in [2.24, 2.45) is 11.8 Å². The second-order valence-corrected chi connectivity index (χ2v) is 5.87. The molecule has 1 heterocycles. The van der Waals surface area contributed by atoms with E-state index in [1.54, 1.807) is 6.07 Å². The van der Waals surface area contributed by atoms with E-state index >= 15 is 0 Å². The quantitative estimate of drug-likeness (QED) is 0.802. The van der Waals surface area contributed by atoms with Gasteiger partial charge in [0.2, 0.25) is 0 Å². The molecule has 2 unspecified atom stereocenters. The van der Waals surface area contributed by atoms with E-state index in [2.05, 4.69) is 34.7 Å². The fourth-order valence-electron chi connectivity index (χ4n) is 2.31. The molecule has 17 heavy (non-hydrogen) atoms. The number of anilines is 2. The van der Waals surface area contributed by atoms with E-state index in [-0.39, 0.29) is 5.82 Å². The lowest BCUT2D eigenvalue weighted by Gasteiger charge is -2.37. The monoisotopic (exact) mass is 300 g/mol. The zero-order valence-electron chi connectivity index (χ0n) is 10.2. The van der Waals surface area contributed by atoms with Gasteiger partial charge in [-0.15, -0.1) is 0 Å². The van der Waals surface area contributed by atoms with Gasteiger partial charge in [-0.05, 0) is 40.3 Å². The average Bonchev–Trinajstić information content (AvgIpc) is 2.27. The summed E-state index contributed by atoms with van der Waals surface area (Å²) in [5, 5.41) is 0. The van der Waals surface area contributed by atoms with Gasteiger partial charge in [-0.25, -0.2) is 4.39 Å². The number of nitrogens with two attached hydrogens (primary N) is 1. The molecular weight excluding hydrogens is 283 g/mol. The fraction of sp³-hybridized carbons (Fsp3) is 0.538. The predicted octanol–water partition coefficient (Wildman–Crippen LogP) is 3.65. The molecule has 1 aromatic rings. The number of rotatable bonds is 1. The molecule has 2 rings (SSSR count). The van der Waals surface area contributed by atoms with E-state index < -0.39 is 0 Å². The molecule has 1 aliphatic heterocycles. The molecule has 0 spiro atoms. The lowest BCUT2D eigenvalue weighted by Crippen LogP contribution is -2.38. The summed E-state index contributed by atoms with van der Waals surface area (Å²) in [5.74, 6) is 1.10. The van der Waals surface area contributed by atoms with Gasteiger partial charge >= 0.3 is 0 Å². The first-order chi connectivity index (χ1) is 7.99. The number of nitrogen functional groups attached to an aromatic ring is 1. The lowest BCUT2D eigenvalue weighted by molar-refractivity contribution is 0.324. The van der Waals surface area contributed by atoms with Crippen LogP contribution in [0, 0.1) is 17.7 Å². The first-order valence-corrected chi connectivity index (χ1v) is 6.77. The highest BCUT2D eigenvalue weighted by Crippen LogP contribution is 2.33. The fourth-order valence-corrected chi connectivity index (χ4v) is 2.67. The Morgan fingerprint density at radius 2 is 2.06 bits per heavy atom. The van der Waals surface area contributed by atoms with Gasteiger partial charge in [0.1, 0.15) is 5.82 Å². The summed E-state index contributed by atoms with van der Waals surface area (Å²) in [7, 11) is 0. The third-order valence-corrected chi connectivity index (χ3v) is 4.35. The lowest BCUT2D eigenvalue weighted by atomic mass is 9.88. The SMILES string of the molecule is CC1CCN(c2cc(F)c(Br)cc2N)CC1C. The molecule has 0 aromatic heterocycles. The molecule has 0 aliphatic carbocycles. The number of halogens is 2. The van der Waals surface area contributed by atoms with E-state index in [4.69, 9.17) is 5.73 Å². The smallest absolute Gasteiger partial charge is 0.139 e. The van der Waals surface area contributed by atoms with E-state index in [9.17, 15) is 4.39 Å². The third-order valence-electron chi connectivity index (χ3n) is 3.74. The molecule has 1 aliphatic rings. The van der Waals surface area contributed by atoms with Crippen molar-refractivity contribution in [3.05, 3.63) is 22.4 Å². The van der Waals surface area contributed by atoms with Crippen molar-refractivity contribution in [2.75, 3.05) is 23.7 Å². The minimum atomic E-state index is -0.250. The summed E-state index contributed by atoms with van der Waals surface area (Å²) in [6, 6.07) is 3.18. The molecule has 0 radical (unpaired) electrons. The van der Waals surface area contributed by atoms with Crippen molar-refractivity contribution in [1.82, 2.24) is 0 Å². The van der Waals surface area contributed by atoms with Crippen LogP contribution in [-0.4, -0.2) is 13.1 Å². The Hall–Kier alpha value is -0.770. The minimum Gasteiger partial charge on any atom is -0.397 e. The normalized spacial score (nSPS) is 25.1. The molecular formula is C13H18BrFN2. The maximum absolute atomic E-state index is 13.6. The molecule has 1 aromatic carbocycles. The van der Waals surface area contributed by atoms with Gasteiger partial charge in [0, 0.05) is 19.2 Å². The van der Waals surface area contributed by atoms with Gasteiger partial charge in [-0.1, -0.05) is 13.8 Å². The van der Waals surface area contributed by atoms with Crippen LogP contribution in [0.2, 0.25) is 0 Å². The molecule has 0 saturated carbocycles. The van der Waals surface area contributed by atoms with Crippen LogP contribution in [-0.2, 0) is 0 Å². The average molecular weight is 301 g/mol. The highest BCUT2D eigenvalue weighted by molar-refractivity contribution is 9.10. The summed E-state index contributed by atoms with van der Waals surface area (Å²) >= 11 is 3.15. The maximum Gasteiger partial charge on any atom is 0.139 e. The topological polar surface area (TPSA) is 29.3 Å². The van der Waals surface area contributed by atoms with Crippen LogP contribution >= 0.6 is 15.9 Å². The molecule has 2 N–H and O–H groups in total. The van der Waals surface area contributed by atoms with Crippen LogP contribution in [0.15, 0.2) is 16.6 Å². The highest BCUT2D eigenvalue weighted by Gasteiger charge is 2.24. The first kappa shape index (κ1) is 12.7. The Morgan fingerprint density at radius 1 is 1.35 bits per heavy atom. The van der Waals surface area contributed by atoms with Gasteiger partial charge in [0.05, 0.1) is 15.8 Å². The maximum atomic E-state index is 13.6. The van der Waals surface area contributed by atoms with Crippen molar-refractivity contribution < 1.29 is 4.39 Å². The van der Waals surface area contributed by atoms with E-state index in [1.807, 2.05) is 0 Å². The van der Waals surface area contributed by atoms with Gasteiger partial charge in [-0.3, -0.25) is 0 Å². The van der Waals surface area contributed by atoms with Crippen molar-refractivity contribution in [3.8, 4) is 0 Å². The van der Waals surface area contributed by atoms with Gasteiger partial charge in [0.15, 0.2) is 0 Å². The Morgan fingerprint density at radius 3 is 2.71 bits per heavy atom. The van der Waals surface area contributed by atoms with Gasteiger partial charge < -0.3 is 10.6 Å². The molecule has 0 amide bonds. The summed E-state index contributed by atoms with van der Waals surface area (Å²) in [6.07, 6.45) is 1.14. The second-order valence-electron chi connectivity index (χ2n) is 5.01. The van der Waals surface area contributed by atoms with Gasteiger partial charge in [-0.2, -0.15) is 0 Å². The van der Waals surface area contributed by atoms with Gasteiger partial charge in [0.25, 0.3) is 0 Å². The summed E-state index contributed by atoms with van der Waals surface area (Å²) in [6.45, 7) is 6.42. The predicted molar refractivity (Wildman–Crippen MR) is 73.7 cm³/mol. The number of hydrogen-bond donors (Lipinski definition) is 1. The van der Waals surface area contributed by atoms with Crippen LogP contribution in [0.5, 0.6) is 0 Å². The largest absolute Gasteiger partial charge is 0.397 e. The van der Waals surface area contributed by atoms with Crippen molar-refractivity contribution in [1.29, 1.82) is 0 Å². The molecule has 1 fully saturated rings. The molecule has 4 heteroatoms. The van der Waals surface area contributed by atoms with Crippen LogP contribution in [0.1, 0.15) is 20.3 Å². The number of hydrogen-bond acceptors (Lipinski definition) is 2. The summed E-state index contributed by atoms with van der Waals surface area (Å²) < 4.78 is 14.0. The Bertz CT molecular complexity index is 422. The minimum absolute atomic E-state index is 0.250. The van der Waals surface area contributed by atoms with E-state index in [0.29, 0.717) is 16.1 Å². The molecule has 94 valence electrons. The zero-order chi connectivity index (χ0) is 12.6. The first-order valence-electron chi connectivity index (χ1n) is 5.98. The number of benzene rings is 1. The van der Waals surface area contributed by atoms with Crippen LogP contribution in [0.3, 0.4) is 0 Å². The van der Waals surface area contributed by atoms with Crippen LogP contribution in [0.25, 0.3) is 0 Å². The van der Waals surface area contributed by atoms with E-state index in [0.717, 1.165) is 31.1 Å². The standard InChI is InChI=1S/C13H18BrFN2/c1-8-3-4-17(7-9(8)2)13-6-11(15)10(14)5-12(13)16/h5-6,8-9H,3-4,7,16H2,1-2H3. The summed E-state index contributed by atoms with van der Waals surface area (Å²) in [4.78, 5) is 2.19. The Labute approximate surface area is 110 Å². The molecule has 0 bridgehead atoms. The van der Waals surface area contributed by atoms with Crippen molar-refractivity contribution in [2.45, 2.75) is 20.3 Å². The Kier molecular flexibility index (Phi) is 3.61. The highest BCUT2D eigenvalue weighted by atomic mass is 79.9. The van der Waals surface area contributed by atoms with E-state index in [1.165, 1.54) is 6.07 Å². The third kappa shape index (κ3) is 2.57.